The van der Waals surface area contributed by atoms with Crippen LogP contribution in [0.5, 0.6) is 0 Å². The highest BCUT2D eigenvalue weighted by Crippen LogP contribution is 2.26. The van der Waals surface area contributed by atoms with E-state index < -0.39 is 0 Å². The molecule has 7 nitrogen and oxygen atoms in total. The minimum atomic E-state index is -0.231. The molecule has 0 spiro atoms. The minimum absolute atomic E-state index is 0.0755. The topological polar surface area (TPSA) is 98.7 Å². The predicted octanol–water partition coefficient (Wildman–Crippen LogP) is 1.94. The first-order valence-corrected chi connectivity index (χ1v) is 10.2. The van der Waals surface area contributed by atoms with Crippen LogP contribution in [-0.2, 0) is 30.6 Å². The van der Waals surface area contributed by atoms with Gasteiger partial charge in [0.1, 0.15) is 18.2 Å². The van der Waals surface area contributed by atoms with Gasteiger partial charge in [0.2, 0.25) is 5.91 Å². The van der Waals surface area contributed by atoms with Gasteiger partial charge in [0, 0.05) is 17.8 Å². The summed E-state index contributed by atoms with van der Waals surface area (Å²) >= 11 is 1.80. The van der Waals surface area contributed by atoms with Crippen LogP contribution < -0.4 is 11.1 Å². The largest absolute Gasteiger partial charge is 0.354 e. The molecule has 1 aliphatic rings. The van der Waals surface area contributed by atoms with Gasteiger partial charge in [-0.3, -0.25) is 4.79 Å². The normalized spacial score (nSPS) is 15.1. The van der Waals surface area contributed by atoms with E-state index in [9.17, 15) is 4.79 Å². The standard InChI is InChI=1S/C18H28N6OS/c1-11(2)17(19)18-21-12(3)23-24(18)10-15(25)20-9-8-16-22-13-6-4-5-7-14(13)26-16/h11,17H,4-10,19H2,1-3H3,(H,20,25)/t17-/m0/s1. The molecule has 2 aromatic rings. The molecule has 3 N–H and O–H groups in total. The maximum Gasteiger partial charge on any atom is 0.241 e. The van der Waals surface area contributed by atoms with Gasteiger partial charge in [0.05, 0.1) is 16.7 Å². The summed E-state index contributed by atoms with van der Waals surface area (Å²) in [6, 6.07) is -0.231. The van der Waals surface area contributed by atoms with Gasteiger partial charge in [0.15, 0.2) is 0 Å². The molecule has 0 unspecified atom stereocenters. The van der Waals surface area contributed by atoms with E-state index in [1.165, 1.54) is 23.4 Å². The number of nitrogens with two attached hydrogens (primary N) is 1. The van der Waals surface area contributed by atoms with Gasteiger partial charge in [-0.25, -0.2) is 14.6 Å². The van der Waals surface area contributed by atoms with Crippen LogP contribution in [0.1, 0.15) is 60.0 Å². The number of aromatic nitrogens is 4. The highest BCUT2D eigenvalue weighted by Gasteiger charge is 2.20. The lowest BCUT2D eigenvalue weighted by Crippen LogP contribution is -2.32. The van der Waals surface area contributed by atoms with Gasteiger partial charge in [0.25, 0.3) is 0 Å². The fourth-order valence-corrected chi connectivity index (χ4v) is 4.30. The van der Waals surface area contributed by atoms with Crippen LogP contribution in [0.3, 0.4) is 0 Å². The van der Waals surface area contributed by atoms with Crippen molar-refractivity contribution in [1.29, 1.82) is 0 Å². The Morgan fingerprint density at radius 1 is 1.31 bits per heavy atom. The second-order valence-corrected chi connectivity index (χ2v) is 8.40. The van der Waals surface area contributed by atoms with Crippen molar-refractivity contribution in [3.63, 3.8) is 0 Å². The Hall–Kier alpha value is -1.80. The summed E-state index contributed by atoms with van der Waals surface area (Å²) in [5.74, 6) is 1.46. The molecule has 2 heterocycles. The van der Waals surface area contributed by atoms with Crippen molar-refractivity contribution >= 4 is 17.2 Å². The number of carbonyl (C=O) groups is 1. The van der Waals surface area contributed by atoms with Gasteiger partial charge >= 0.3 is 0 Å². The van der Waals surface area contributed by atoms with E-state index in [0.717, 1.165) is 24.3 Å². The smallest absolute Gasteiger partial charge is 0.241 e. The third-order valence-electron chi connectivity index (χ3n) is 4.67. The molecule has 1 aliphatic carbocycles. The van der Waals surface area contributed by atoms with E-state index in [1.807, 2.05) is 20.8 Å². The first kappa shape index (κ1) is 19.0. The molecule has 26 heavy (non-hydrogen) atoms. The number of nitrogens with one attached hydrogen (secondary N) is 1. The summed E-state index contributed by atoms with van der Waals surface area (Å²) in [4.78, 5) is 22.8. The zero-order chi connectivity index (χ0) is 18.7. The van der Waals surface area contributed by atoms with Crippen LogP contribution in [0.15, 0.2) is 0 Å². The average Bonchev–Trinajstić information content (AvgIpc) is 3.16. The van der Waals surface area contributed by atoms with E-state index >= 15 is 0 Å². The molecule has 1 amide bonds. The maximum absolute atomic E-state index is 12.3. The Kier molecular flexibility index (Phi) is 6.03. The third kappa shape index (κ3) is 4.48. The molecule has 2 aromatic heterocycles. The number of nitrogens with zero attached hydrogens (tertiary/aromatic N) is 4. The van der Waals surface area contributed by atoms with Crippen molar-refractivity contribution < 1.29 is 4.79 Å². The zero-order valence-electron chi connectivity index (χ0n) is 15.8. The highest BCUT2D eigenvalue weighted by molar-refractivity contribution is 7.11. The van der Waals surface area contributed by atoms with Crippen LogP contribution >= 0.6 is 11.3 Å². The van der Waals surface area contributed by atoms with Gasteiger partial charge in [-0.05, 0) is 38.5 Å². The second kappa shape index (κ2) is 8.26. The first-order chi connectivity index (χ1) is 12.4. The number of fused-ring (bicyclic) bond motifs is 1. The SMILES string of the molecule is Cc1nc([C@@H](N)C(C)C)n(CC(=O)NCCc2nc3c(s2)CCCC3)n1. The Morgan fingerprint density at radius 2 is 2.08 bits per heavy atom. The molecule has 0 saturated heterocycles. The fourth-order valence-electron chi connectivity index (χ4n) is 3.15. The van der Waals surface area contributed by atoms with Gasteiger partial charge in [-0.15, -0.1) is 11.3 Å². The van der Waals surface area contributed by atoms with Crippen LogP contribution in [0.25, 0.3) is 0 Å². The summed E-state index contributed by atoms with van der Waals surface area (Å²) in [7, 11) is 0. The van der Waals surface area contributed by atoms with Crippen LogP contribution in [0.4, 0.5) is 0 Å². The van der Waals surface area contributed by atoms with E-state index in [-0.39, 0.29) is 24.4 Å². The lowest BCUT2D eigenvalue weighted by molar-refractivity contribution is -0.121. The molecule has 0 bridgehead atoms. The van der Waals surface area contributed by atoms with Crippen molar-refractivity contribution in [1.82, 2.24) is 25.1 Å². The summed E-state index contributed by atoms with van der Waals surface area (Å²) in [5.41, 5.74) is 7.46. The van der Waals surface area contributed by atoms with E-state index in [1.54, 1.807) is 16.0 Å². The Bertz CT molecular complexity index is 742. The number of carbonyl (C=O) groups excluding carboxylic acids is 1. The molecular formula is C18H28N6OS. The van der Waals surface area contributed by atoms with Crippen LogP contribution in [0.2, 0.25) is 0 Å². The summed E-state index contributed by atoms with van der Waals surface area (Å²) in [6.45, 7) is 6.62. The summed E-state index contributed by atoms with van der Waals surface area (Å²) in [6.07, 6.45) is 5.54. The Balaban J connectivity index is 1.52. The molecule has 3 rings (SSSR count). The molecule has 0 aliphatic heterocycles. The van der Waals surface area contributed by atoms with Gasteiger partial charge < -0.3 is 11.1 Å². The van der Waals surface area contributed by atoms with Crippen molar-refractivity contribution in [3.8, 4) is 0 Å². The van der Waals surface area contributed by atoms with Crippen LogP contribution in [-0.4, -0.2) is 32.2 Å². The fraction of sp³-hybridized carbons (Fsp3) is 0.667. The Labute approximate surface area is 158 Å². The molecule has 1 atom stereocenters. The van der Waals surface area contributed by atoms with Crippen molar-refractivity contribution in [2.75, 3.05) is 6.54 Å². The minimum Gasteiger partial charge on any atom is -0.354 e. The highest BCUT2D eigenvalue weighted by atomic mass is 32.1. The zero-order valence-corrected chi connectivity index (χ0v) is 16.6. The summed E-state index contributed by atoms with van der Waals surface area (Å²) < 4.78 is 1.62. The molecule has 0 saturated carbocycles. The number of thiazole rings is 1. The maximum atomic E-state index is 12.3. The van der Waals surface area contributed by atoms with E-state index in [4.69, 9.17) is 10.7 Å². The quantitative estimate of drug-likeness (QED) is 0.769. The van der Waals surface area contributed by atoms with E-state index in [0.29, 0.717) is 18.2 Å². The molecule has 0 radical (unpaired) electrons. The number of aryl methyl sites for hydroxylation is 3. The second-order valence-electron chi connectivity index (χ2n) is 7.23. The lowest BCUT2D eigenvalue weighted by Gasteiger charge is -2.15. The van der Waals surface area contributed by atoms with Crippen molar-refractivity contribution in [2.45, 2.75) is 65.5 Å². The average molecular weight is 377 g/mol. The lowest BCUT2D eigenvalue weighted by atomic mass is 10.0. The molecular weight excluding hydrogens is 348 g/mol. The summed E-state index contributed by atoms with van der Waals surface area (Å²) in [5, 5.41) is 8.40. The Morgan fingerprint density at radius 3 is 2.81 bits per heavy atom. The molecule has 0 aromatic carbocycles. The molecule has 8 heteroatoms. The first-order valence-electron chi connectivity index (χ1n) is 9.35. The van der Waals surface area contributed by atoms with Crippen molar-refractivity contribution in [3.05, 3.63) is 27.2 Å². The molecule has 142 valence electrons. The van der Waals surface area contributed by atoms with E-state index in [2.05, 4.69) is 15.4 Å². The monoisotopic (exact) mass is 376 g/mol. The van der Waals surface area contributed by atoms with Gasteiger partial charge in [-0.2, -0.15) is 5.10 Å². The van der Waals surface area contributed by atoms with Crippen molar-refractivity contribution in [2.24, 2.45) is 11.7 Å². The van der Waals surface area contributed by atoms with Gasteiger partial charge in [-0.1, -0.05) is 13.8 Å². The van der Waals surface area contributed by atoms with Crippen LogP contribution in [0, 0.1) is 12.8 Å². The number of amides is 1. The third-order valence-corrected chi connectivity index (χ3v) is 5.88. The number of hydrogen-bond acceptors (Lipinski definition) is 6. The number of hydrogen-bond donors (Lipinski definition) is 2. The predicted molar refractivity (Wildman–Crippen MR) is 102 cm³/mol. The molecule has 0 fully saturated rings. The number of rotatable bonds is 7.